The fraction of sp³-hybridized carbons (Fsp3) is 0.600. The molecule has 110 valence electrons. The average Bonchev–Trinajstić information content (AvgIpc) is 2.42. The third kappa shape index (κ3) is 6.17. The van der Waals surface area contributed by atoms with Crippen LogP contribution in [0.2, 0.25) is 0 Å². The fourth-order valence-electron chi connectivity index (χ4n) is 1.99. The molecule has 0 aromatic heterocycles. The zero-order valence-corrected chi connectivity index (χ0v) is 13.0. The smallest absolute Gasteiger partial charge is 0.165 e. The number of unbranched alkanes of at least 4 members (excludes halogenated alkanes) is 3. The maximum absolute atomic E-state index is 5.40. The van der Waals surface area contributed by atoms with E-state index in [1.165, 1.54) is 25.7 Å². The summed E-state index contributed by atoms with van der Waals surface area (Å²) in [5.41, 5.74) is 1.15. The Morgan fingerprint density at radius 1 is 1.05 bits per heavy atom. The van der Waals surface area contributed by atoms with Crippen LogP contribution in [0.25, 0.3) is 0 Å². The van der Waals surface area contributed by atoms with Crippen molar-refractivity contribution in [3.05, 3.63) is 23.8 Å². The second-order valence-electron chi connectivity index (χ2n) is 4.39. The minimum atomic E-state index is 0. The summed E-state index contributed by atoms with van der Waals surface area (Å²) in [7, 11) is 3.35. The summed E-state index contributed by atoms with van der Waals surface area (Å²) in [5, 5.41) is 3.45. The van der Waals surface area contributed by atoms with E-state index in [9.17, 15) is 0 Å². The van der Waals surface area contributed by atoms with E-state index >= 15 is 0 Å². The highest BCUT2D eigenvalue weighted by molar-refractivity contribution is 5.85. The molecular formula is C15H26ClNO2. The van der Waals surface area contributed by atoms with Gasteiger partial charge < -0.3 is 14.8 Å². The first-order chi connectivity index (χ1) is 8.83. The highest BCUT2D eigenvalue weighted by Gasteiger charge is 2.08. The molecule has 1 N–H and O–H groups in total. The molecule has 0 aliphatic carbocycles. The van der Waals surface area contributed by atoms with Gasteiger partial charge in [-0.2, -0.15) is 0 Å². The van der Waals surface area contributed by atoms with E-state index < -0.39 is 0 Å². The van der Waals surface area contributed by atoms with Crippen LogP contribution < -0.4 is 14.8 Å². The van der Waals surface area contributed by atoms with Crippen LogP contribution >= 0.6 is 12.4 Å². The molecule has 19 heavy (non-hydrogen) atoms. The van der Waals surface area contributed by atoms with E-state index in [-0.39, 0.29) is 12.4 Å². The minimum absolute atomic E-state index is 0. The molecular weight excluding hydrogens is 262 g/mol. The normalized spacial score (nSPS) is 9.84. The number of benzene rings is 1. The van der Waals surface area contributed by atoms with Gasteiger partial charge in [0.1, 0.15) is 0 Å². The van der Waals surface area contributed by atoms with Gasteiger partial charge in [0.2, 0.25) is 0 Å². The molecule has 3 nitrogen and oxygen atoms in total. The topological polar surface area (TPSA) is 30.5 Å². The van der Waals surface area contributed by atoms with Gasteiger partial charge >= 0.3 is 0 Å². The van der Waals surface area contributed by atoms with E-state index in [0.29, 0.717) is 0 Å². The predicted molar refractivity (Wildman–Crippen MR) is 82.6 cm³/mol. The summed E-state index contributed by atoms with van der Waals surface area (Å²) >= 11 is 0. The van der Waals surface area contributed by atoms with Crippen molar-refractivity contribution in [1.29, 1.82) is 0 Å². The van der Waals surface area contributed by atoms with Gasteiger partial charge in [-0.05, 0) is 19.0 Å². The lowest BCUT2D eigenvalue weighted by molar-refractivity contribution is 0.350. The molecule has 1 aromatic carbocycles. The summed E-state index contributed by atoms with van der Waals surface area (Å²) in [5.74, 6) is 1.63. The lowest BCUT2D eigenvalue weighted by Crippen LogP contribution is -2.15. The largest absolute Gasteiger partial charge is 0.493 e. The highest BCUT2D eigenvalue weighted by Crippen LogP contribution is 2.30. The van der Waals surface area contributed by atoms with Crippen LogP contribution in [-0.4, -0.2) is 20.8 Å². The van der Waals surface area contributed by atoms with E-state index in [1.54, 1.807) is 14.2 Å². The number of para-hydroxylation sites is 1. The Hall–Kier alpha value is -0.930. The van der Waals surface area contributed by atoms with Crippen LogP contribution in [0, 0.1) is 0 Å². The molecule has 0 amide bonds. The van der Waals surface area contributed by atoms with E-state index in [2.05, 4.69) is 18.3 Å². The highest BCUT2D eigenvalue weighted by atomic mass is 35.5. The summed E-state index contributed by atoms with van der Waals surface area (Å²) in [6.45, 7) is 4.11. The summed E-state index contributed by atoms with van der Waals surface area (Å²) in [6.07, 6.45) is 5.15. The van der Waals surface area contributed by atoms with Crippen LogP contribution in [0.5, 0.6) is 11.5 Å². The lowest BCUT2D eigenvalue weighted by atomic mass is 10.1. The van der Waals surface area contributed by atoms with Gasteiger partial charge in [0.05, 0.1) is 14.2 Å². The van der Waals surface area contributed by atoms with Crippen molar-refractivity contribution in [3.8, 4) is 11.5 Å². The van der Waals surface area contributed by atoms with Crippen molar-refractivity contribution in [2.75, 3.05) is 20.8 Å². The van der Waals surface area contributed by atoms with Crippen molar-refractivity contribution in [1.82, 2.24) is 5.32 Å². The number of methoxy groups -OCH3 is 2. The summed E-state index contributed by atoms with van der Waals surface area (Å²) < 4.78 is 10.7. The molecule has 0 saturated heterocycles. The number of rotatable bonds is 9. The zero-order valence-electron chi connectivity index (χ0n) is 12.2. The molecule has 0 radical (unpaired) electrons. The van der Waals surface area contributed by atoms with Gasteiger partial charge in [-0.3, -0.25) is 0 Å². The number of halogens is 1. The van der Waals surface area contributed by atoms with Crippen molar-refractivity contribution < 1.29 is 9.47 Å². The summed E-state index contributed by atoms with van der Waals surface area (Å²) in [6, 6.07) is 5.99. The van der Waals surface area contributed by atoms with Gasteiger partial charge in [0.25, 0.3) is 0 Å². The molecule has 4 heteroatoms. The van der Waals surface area contributed by atoms with Crippen molar-refractivity contribution in [2.24, 2.45) is 0 Å². The number of hydrogen-bond donors (Lipinski definition) is 1. The average molecular weight is 288 g/mol. The molecule has 0 spiro atoms. The van der Waals surface area contributed by atoms with Crippen LogP contribution in [-0.2, 0) is 6.54 Å². The number of ether oxygens (including phenoxy) is 2. The summed E-state index contributed by atoms with van der Waals surface area (Å²) in [4.78, 5) is 0. The zero-order chi connectivity index (χ0) is 13.2. The van der Waals surface area contributed by atoms with Crippen LogP contribution in [0.4, 0.5) is 0 Å². The van der Waals surface area contributed by atoms with Crippen molar-refractivity contribution >= 4 is 12.4 Å². The molecule has 1 aromatic rings. The van der Waals surface area contributed by atoms with E-state index in [1.807, 2.05) is 12.1 Å². The Morgan fingerprint density at radius 2 is 1.84 bits per heavy atom. The molecule has 0 fully saturated rings. The Labute approximate surface area is 123 Å². The maximum atomic E-state index is 5.40. The molecule has 1 rings (SSSR count). The standard InChI is InChI=1S/C15H25NO2.ClH/c1-4-5-6-7-11-16-12-13-9-8-10-14(17-2)15(13)18-3;/h8-10,16H,4-7,11-12H2,1-3H3;1H. The molecule has 0 atom stereocenters. The quantitative estimate of drug-likeness (QED) is 0.701. The Morgan fingerprint density at radius 3 is 2.47 bits per heavy atom. The van der Waals surface area contributed by atoms with E-state index in [4.69, 9.17) is 9.47 Å². The molecule has 0 bridgehead atoms. The van der Waals surface area contributed by atoms with Crippen molar-refractivity contribution in [3.63, 3.8) is 0 Å². The molecule has 0 aliphatic rings. The molecule has 0 heterocycles. The van der Waals surface area contributed by atoms with Crippen molar-refractivity contribution in [2.45, 2.75) is 39.2 Å². The third-order valence-corrected chi connectivity index (χ3v) is 3.01. The monoisotopic (exact) mass is 287 g/mol. The number of nitrogens with one attached hydrogen (secondary N) is 1. The predicted octanol–water partition coefficient (Wildman–Crippen LogP) is 3.80. The second-order valence-corrected chi connectivity index (χ2v) is 4.39. The third-order valence-electron chi connectivity index (χ3n) is 3.01. The molecule has 0 unspecified atom stereocenters. The fourth-order valence-corrected chi connectivity index (χ4v) is 1.99. The van der Waals surface area contributed by atoms with Gasteiger partial charge in [0, 0.05) is 12.1 Å². The van der Waals surface area contributed by atoms with Crippen LogP contribution in [0.1, 0.15) is 38.2 Å². The van der Waals surface area contributed by atoms with Gasteiger partial charge in [-0.15, -0.1) is 12.4 Å². The van der Waals surface area contributed by atoms with Crippen LogP contribution in [0.3, 0.4) is 0 Å². The SMILES string of the molecule is CCCCCCNCc1cccc(OC)c1OC.Cl. The first-order valence-electron chi connectivity index (χ1n) is 6.74. The Kier molecular flexibility index (Phi) is 10.4. The second kappa shape index (κ2) is 10.9. The minimum Gasteiger partial charge on any atom is -0.493 e. The Bertz CT molecular complexity index is 345. The lowest BCUT2D eigenvalue weighted by Gasteiger charge is -2.13. The molecule has 0 saturated carbocycles. The first-order valence-corrected chi connectivity index (χ1v) is 6.74. The molecule has 0 aliphatic heterocycles. The van der Waals surface area contributed by atoms with Gasteiger partial charge in [0.15, 0.2) is 11.5 Å². The van der Waals surface area contributed by atoms with E-state index in [0.717, 1.165) is 30.2 Å². The Balaban J connectivity index is 0.00000324. The van der Waals surface area contributed by atoms with Gasteiger partial charge in [-0.25, -0.2) is 0 Å². The number of hydrogen-bond acceptors (Lipinski definition) is 3. The first kappa shape index (κ1) is 18.1. The van der Waals surface area contributed by atoms with Gasteiger partial charge in [-0.1, -0.05) is 38.3 Å². The van der Waals surface area contributed by atoms with Crippen LogP contribution in [0.15, 0.2) is 18.2 Å². The maximum Gasteiger partial charge on any atom is 0.165 e.